The van der Waals surface area contributed by atoms with Crippen molar-refractivity contribution in [3.05, 3.63) is 24.3 Å². The Morgan fingerprint density at radius 3 is 2.38 bits per heavy atom. The molecule has 1 heterocycles. The smallest absolute Gasteiger partial charge is 0.161 e. The van der Waals surface area contributed by atoms with Gasteiger partial charge in [0.1, 0.15) is 6.61 Å². The van der Waals surface area contributed by atoms with E-state index in [4.69, 9.17) is 9.47 Å². The Kier molecular flexibility index (Phi) is 6.83. The summed E-state index contributed by atoms with van der Waals surface area (Å²) in [6.07, 6.45) is 2.48. The van der Waals surface area contributed by atoms with Gasteiger partial charge in [0.15, 0.2) is 11.5 Å². The minimum atomic E-state index is 0.663. The van der Waals surface area contributed by atoms with E-state index in [1.54, 1.807) is 0 Å². The molecule has 118 valence electrons. The largest absolute Gasteiger partial charge is 0.490 e. The van der Waals surface area contributed by atoms with Crippen molar-refractivity contribution >= 4 is 0 Å². The van der Waals surface area contributed by atoms with Crippen LogP contribution in [0.25, 0.3) is 0 Å². The first kappa shape index (κ1) is 16.1. The summed E-state index contributed by atoms with van der Waals surface area (Å²) in [7, 11) is 0. The number of nitrogens with one attached hydrogen (secondary N) is 1. The molecule has 21 heavy (non-hydrogen) atoms. The molecule has 4 nitrogen and oxygen atoms in total. The van der Waals surface area contributed by atoms with Gasteiger partial charge in [0.05, 0.1) is 6.61 Å². The SMILES string of the molecule is CCOc1ccccc1OCCN(CC)C1CCNCC1. The van der Waals surface area contributed by atoms with Gasteiger partial charge < -0.3 is 14.8 Å². The zero-order valence-corrected chi connectivity index (χ0v) is 13.3. The number of hydrogen-bond donors (Lipinski definition) is 1. The summed E-state index contributed by atoms with van der Waals surface area (Å²) in [6.45, 7) is 9.93. The van der Waals surface area contributed by atoms with E-state index in [0.717, 1.165) is 37.7 Å². The Hall–Kier alpha value is -1.26. The fraction of sp³-hybridized carbons (Fsp3) is 0.647. The standard InChI is InChI=1S/C17H28N2O2/c1-3-19(15-9-11-18-12-10-15)13-14-21-17-8-6-5-7-16(17)20-4-2/h5-8,15,18H,3-4,9-14H2,1-2H3. The third kappa shape index (κ3) is 4.90. The molecule has 1 aromatic carbocycles. The third-order valence-corrected chi connectivity index (χ3v) is 4.02. The van der Waals surface area contributed by atoms with Crippen LogP contribution in [0.5, 0.6) is 11.5 Å². The maximum Gasteiger partial charge on any atom is 0.161 e. The summed E-state index contributed by atoms with van der Waals surface area (Å²) in [5, 5.41) is 3.42. The number of ether oxygens (including phenoxy) is 2. The van der Waals surface area contributed by atoms with E-state index in [0.29, 0.717) is 19.3 Å². The van der Waals surface area contributed by atoms with Crippen molar-refractivity contribution in [1.82, 2.24) is 10.2 Å². The molecule has 2 rings (SSSR count). The summed E-state index contributed by atoms with van der Waals surface area (Å²) >= 11 is 0. The molecule has 0 aromatic heterocycles. The first-order valence-corrected chi connectivity index (χ1v) is 8.14. The maximum absolute atomic E-state index is 5.93. The topological polar surface area (TPSA) is 33.7 Å². The Bertz CT molecular complexity index is 406. The second-order valence-electron chi connectivity index (χ2n) is 5.34. The minimum absolute atomic E-state index is 0.663. The summed E-state index contributed by atoms with van der Waals surface area (Å²) in [4.78, 5) is 2.53. The summed E-state index contributed by atoms with van der Waals surface area (Å²) in [6, 6.07) is 8.60. The molecule has 1 aliphatic rings. The van der Waals surface area contributed by atoms with E-state index in [9.17, 15) is 0 Å². The van der Waals surface area contributed by atoms with Crippen molar-refractivity contribution in [2.75, 3.05) is 39.4 Å². The van der Waals surface area contributed by atoms with Gasteiger partial charge in [0, 0.05) is 12.6 Å². The lowest BCUT2D eigenvalue weighted by molar-refractivity contribution is 0.140. The monoisotopic (exact) mass is 292 g/mol. The molecule has 4 heteroatoms. The van der Waals surface area contributed by atoms with Crippen LogP contribution in [-0.4, -0.2) is 50.3 Å². The number of para-hydroxylation sites is 2. The average Bonchev–Trinajstić information content (AvgIpc) is 2.54. The van der Waals surface area contributed by atoms with Crippen molar-refractivity contribution in [3.8, 4) is 11.5 Å². The summed E-state index contributed by atoms with van der Waals surface area (Å²) in [5.41, 5.74) is 0. The van der Waals surface area contributed by atoms with Crippen LogP contribution < -0.4 is 14.8 Å². The van der Waals surface area contributed by atoms with E-state index in [2.05, 4.69) is 17.1 Å². The Balaban J connectivity index is 1.82. The van der Waals surface area contributed by atoms with Crippen molar-refractivity contribution in [2.45, 2.75) is 32.7 Å². The molecule has 0 unspecified atom stereocenters. The van der Waals surface area contributed by atoms with Gasteiger partial charge in [0.2, 0.25) is 0 Å². The lowest BCUT2D eigenvalue weighted by atomic mass is 10.1. The number of nitrogens with zero attached hydrogens (tertiary/aromatic N) is 1. The molecule has 0 saturated carbocycles. The van der Waals surface area contributed by atoms with Crippen LogP contribution in [0.4, 0.5) is 0 Å². The van der Waals surface area contributed by atoms with Gasteiger partial charge in [-0.05, 0) is 51.5 Å². The van der Waals surface area contributed by atoms with Crippen LogP contribution in [-0.2, 0) is 0 Å². The molecule has 1 aromatic rings. The fourth-order valence-corrected chi connectivity index (χ4v) is 2.89. The van der Waals surface area contributed by atoms with Crippen LogP contribution >= 0.6 is 0 Å². The lowest BCUT2D eigenvalue weighted by Gasteiger charge is -2.33. The Morgan fingerprint density at radius 1 is 1.10 bits per heavy atom. The van der Waals surface area contributed by atoms with Crippen molar-refractivity contribution < 1.29 is 9.47 Å². The van der Waals surface area contributed by atoms with Crippen LogP contribution in [0.3, 0.4) is 0 Å². The third-order valence-electron chi connectivity index (χ3n) is 4.02. The highest BCUT2D eigenvalue weighted by molar-refractivity contribution is 5.39. The second-order valence-corrected chi connectivity index (χ2v) is 5.34. The predicted molar refractivity (Wildman–Crippen MR) is 86.2 cm³/mol. The first-order chi connectivity index (χ1) is 10.3. The number of benzene rings is 1. The second kappa shape index (κ2) is 8.90. The molecule has 1 N–H and O–H groups in total. The van der Waals surface area contributed by atoms with Crippen LogP contribution in [0, 0.1) is 0 Å². The van der Waals surface area contributed by atoms with Gasteiger partial charge in [-0.1, -0.05) is 19.1 Å². The number of hydrogen-bond acceptors (Lipinski definition) is 4. The molecule has 1 fully saturated rings. The van der Waals surface area contributed by atoms with Gasteiger partial charge in [-0.25, -0.2) is 0 Å². The van der Waals surface area contributed by atoms with Gasteiger partial charge in [-0.2, -0.15) is 0 Å². The van der Waals surface area contributed by atoms with E-state index < -0.39 is 0 Å². The molecule has 0 amide bonds. The zero-order valence-electron chi connectivity index (χ0n) is 13.3. The van der Waals surface area contributed by atoms with E-state index in [-0.39, 0.29) is 0 Å². The fourth-order valence-electron chi connectivity index (χ4n) is 2.89. The summed E-state index contributed by atoms with van der Waals surface area (Å²) < 4.78 is 11.5. The highest BCUT2D eigenvalue weighted by Gasteiger charge is 2.19. The van der Waals surface area contributed by atoms with Gasteiger partial charge in [0.25, 0.3) is 0 Å². The predicted octanol–water partition coefficient (Wildman–Crippen LogP) is 2.54. The maximum atomic E-state index is 5.93. The van der Waals surface area contributed by atoms with Crippen molar-refractivity contribution in [2.24, 2.45) is 0 Å². The minimum Gasteiger partial charge on any atom is -0.490 e. The molecule has 0 atom stereocenters. The van der Waals surface area contributed by atoms with Crippen LogP contribution in [0.2, 0.25) is 0 Å². The number of likely N-dealkylation sites (N-methyl/N-ethyl adjacent to an activating group) is 1. The molecule has 0 radical (unpaired) electrons. The molecule has 0 aliphatic carbocycles. The molecule has 0 spiro atoms. The first-order valence-electron chi connectivity index (χ1n) is 8.14. The molecular formula is C17H28N2O2. The quantitative estimate of drug-likeness (QED) is 0.798. The normalized spacial score (nSPS) is 16.1. The van der Waals surface area contributed by atoms with Gasteiger partial charge in [-0.3, -0.25) is 4.90 Å². The zero-order chi connectivity index (χ0) is 14.9. The average molecular weight is 292 g/mol. The highest BCUT2D eigenvalue weighted by atomic mass is 16.5. The highest BCUT2D eigenvalue weighted by Crippen LogP contribution is 2.26. The van der Waals surface area contributed by atoms with Gasteiger partial charge in [-0.15, -0.1) is 0 Å². The molecule has 1 saturated heterocycles. The molecule has 1 aliphatic heterocycles. The summed E-state index contributed by atoms with van der Waals surface area (Å²) in [5.74, 6) is 1.69. The van der Waals surface area contributed by atoms with Crippen molar-refractivity contribution in [3.63, 3.8) is 0 Å². The van der Waals surface area contributed by atoms with Gasteiger partial charge >= 0.3 is 0 Å². The Labute approximate surface area is 128 Å². The van der Waals surface area contributed by atoms with Crippen LogP contribution in [0.1, 0.15) is 26.7 Å². The van der Waals surface area contributed by atoms with Crippen molar-refractivity contribution in [1.29, 1.82) is 0 Å². The number of piperidine rings is 1. The van der Waals surface area contributed by atoms with E-state index in [1.165, 1.54) is 12.8 Å². The lowest BCUT2D eigenvalue weighted by Crippen LogP contribution is -2.44. The number of rotatable bonds is 8. The van der Waals surface area contributed by atoms with E-state index in [1.807, 2.05) is 31.2 Å². The van der Waals surface area contributed by atoms with Crippen LogP contribution in [0.15, 0.2) is 24.3 Å². The molecule has 0 bridgehead atoms. The Morgan fingerprint density at radius 2 is 1.76 bits per heavy atom. The molecular weight excluding hydrogens is 264 g/mol. The van der Waals surface area contributed by atoms with E-state index >= 15 is 0 Å².